The molecule has 18 heavy (non-hydrogen) atoms. The molecular weight excluding hydrogens is 228 g/mol. The molecule has 0 aromatic heterocycles. The van der Waals surface area contributed by atoms with Gasteiger partial charge in [-0.3, -0.25) is 4.79 Å². The van der Waals surface area contributed by atoms with Crippen molar-refractivity contribution in [1.82, 2.24) is 0 Å². The molecule has 0 aliphatic heterocycles. The molecular formula is C15H22O3. The molecule has 100 valence electrons. The summed E-state index contributed by atoms with van der Waals surface area (Å²) < 4.78 is 5.35. The molecule has 0 bridgehead atoms. The number of hydrogen-bond acceptors (Lipinski definition) is 2. The van der Waals surface area contributed by atoms with Gasteiger partial charge in [0.15, 0.2) is 0 Å². The molecule has 0 saturated heterocycles. The van der Waals surface area contributed by atoms with Gasteiger partial charge in [0.25, 0.3) is 0 Å². The predicted molar refractivity (Wildman–Crippen MR) is 72.4 cm³/mol. The van der Waals surface area contributed by atoms with Gasteiger partial charge in [-0.1, -0.05) is 39.8 Å². The van der Waals surface area contributed by atoms with Gasteiger partial charge in [-0.2, -0.15) is 0 Å². The van der Waals surface area contributed by atoms with E-state index in [2.05, 4.69) is 20.8 Å². The third-order valence-corrected chi connectivity index (χ3v) is 3.14. The van der Waals surface area contributed by atoms with Gasteiger partial charge in [-0.25, -0.2) is 0 Å². The number of ether oxygens (including phenoxy) is 1. The predicted octanol–water partition coefficient (Wildman–Crippen LogP) is 3.57. The van der Waals surface area contributed by atoms with Crippen molar-refractivity contribution in [3.63, 3.8) is 0 Å². The lowest BCUT2D eigenvalue weighted by Gasteiger charge is -2.24. The van der Waals surface area contributed by atoms with Crippen LogP contribution in [0.3, 0.4) is 0 Å². The maximum Gasteiger partial charge on any atom is 0.310 e. The van der Waals surface area contributed by atoms with E-state index in [4.69, 9.17) is 4.74 Å². The molecule has 1 aromatic rings. The third kappa shape index (κ3) is 3.03. The minimum atomic E-state index is -0.775. The molecule has 1 atom stereocenters. The summed E-state index contributed by atoms with van der Waals surface area (Å²) >= 11 is 0. The second-order valence-electron chi connectivity index (χ2n) is 5.51. The molecule has 0 fully saturated rings. The Labute approximate surface area is 109 Å². The second-order valence-corrected chi connectivity index (χ2v) is 5.51. The van der Waals surface area contributed by atoms with E-state index in [0.717, 1.165) is 16.9 Å². The van der Waals surface area contributed by atoms with Gasteiger partial charge in [0.05, 0.1) is 13.0 Å². The summed E-state index contributed by atoms with van der Waals surface area (Å²) in [7, 11) is 1.64. The average molecular weight is 250 g/mol. The Morgan fingerprint density at radius 2 is 2.00 bits per heavy atom. The van der Waals surface area contributed by atoms with Crippen molar-refractivity contribution < 1.29 is 14.6 Å². The first-order chi connectivity index (χ1) is 8.31. The summed E-state index contributed by atoms with van der Waals surface area (Å²) in [6, 6.07) is 5.67. The van der Waals surface area contributed by atoms with Gasteiger partial charge in [-0.05, 0) is 29.0 Å². The van der Waals surface area contributed by atoms with Gasteiger partial charge in [0.1, 0.15) is 5.75 Å². The maximum atomic E-state index is 11.2. The molecule has 0 aliphatic carbocycles. The number of hydrogen-bond donors (Lipinski definition) is 1. The van der Waals surface area contributed by atoms with Crippen molar-refractivity contribution in [2.75, 3.05) is 7.11 Å². The standard InChI is InChI=1S/C15H22O3/c1-6-11(14(16)17)10-7-8-13(18-5)12(9-10)15(2,3)4/h7-9,11H,6H2,1-5H3,(H,16,17). The number of carboxylic acids is 1. The highest BCUT2D eigenvalue weighted by atomic mass is 16.5. The van der Waals surface area contributed by atoms with Crippen LogP contribution in [0.2, 0.25) is 0 Å². The van der Waals surface area contributed by atoms with Crippen LogP contribution in [0.4, 0.5) is 0 Å². The molecule has 3 nitrogen and oxygen atoms in total. The Morgan fingerprint density at radius 3 is 2.39 bits per heavy atom. The van der Waals surface area contributed by atoms with E-state index in [9.17, 15) is 9.90 Å². The highest BCUT2D eigenvalue weighted by Crippen LogP contribution is 2.34. The normalized spacial score (nSPS) is 13.2. The summed E-state index contributed by atoms with van der Waals surface area (Å²) in [5.74, 6) is -0.411. The van der Waals surface area contributed by atoms with Gasteiger partial charge < -0.3 is 9.84 Å². The van der Waals surface area contributed by atoms with Crippen LogP contribution < -0.4 is 4.74 Å². The first kappa shape index (κ1) is 14.6. The Balaban J connectivity index is 3.30. The average Bonchev–Trinajstić information content (AvgIpc) is 2.28. The zero-order chi connectivity index (χ0) is 13.9. The molecule has 1 N–H and O–H groups in total. The van der Waals surface area contributed by atoms with Crippen LogP contribution in [0, 0.1) is 0 Å². The molecule has 0 spiro atoms. The summed E-state index contributed by atoms with van der Waals surface area (Å²) in [6.07, 6.45) is 0.589. The smallest absolute Gasteiger partial charge is 0.310 e. The van der Waals surface area contributed by atoms with Crippen LogP contribution in [0.1, 0.15) is 51.2 Å². The lowest BCUT2D eigenvalue weighted by atomic mass is 9.83. The third-order valence-electron chi connectivity index (χ3n) is 3.14. The van der Waals surface area contributed by atoms with Crippen LogP contribution >= 0.6 is 0 Å². The highest BCUT2D eigenvalue weighted by Gasteiger charge is 2.23. The van der Waals surface area contributed by atoms with Crippen LogP contribution in [0.15, 0.2) is 18.2 Å². The fourth-order valence-electron chi connectivity index (χ4n) is 2.08. The number of carboxylic acid groups (broad SMARTS) is 1. The first-order valence-corrected chi connectivity index (χ1v) is 6.22. The summed E-state index contributed by atoms with van der Waals surface area (Å²) in [5, 5.41) is 9.22. The molecule has 0 aliphatic rings. The van der Waals surface area contributed by atoms with E-state index in [-0.39, 0.29) is 5.41 Å². The van der Waals surface area contributed by atoms with Crippen molar-refractivity contribution in [3.8, 4) is 5.75 Å². The number of benzene rings is 1. The monoisotopic (exact) mass is 250 g/mol. The molecule has 1 aromatic carbocycles. The number of methoxy groups -OCH3 is 1. The Hall–Kier alpha value is -1.51. The van der Waals surface area contributed by atoms with E-state index in [0.29, 0.717) is 6.42 Å². The minimum Gasteiger partial charge on any atom is -0.496 e. The number of aliphatic carboxylic acids is 1. The van der Waals surface area contributed by atoms with E-state index in [1.54, 1.807) is 7.11 Å². The molecule has 1 unspecified atom stereocenters. The zero-order valence-electron chi connectivity index (χ0n) is 11.8. The Morgan fingerprint density at radius 1 is 1.39 bits per heavy atom. The quantitative estimate of drug-likeness (QED) is 0.888. The molecule has 1 rings (SSSR count). The highest BCUT2D eigenvalue weighted by molar-refractivity contribution is 5.76. The number of rotatable bonds is 4. The Kier molecular flexibility index (Phi) is 4.38. The lowest BCUT2D eigenvalue weighted by molar-refractivity contribution is -0.138. The van der Waals surface area contributed by atoms with E-state index >= 15 is 0 Å². The fourth-order valence-corrected chi connectivity index (χ4v) is 2.08. The minimum absolute atomic E-state index is 0.0713. The van der Waals surface area contributed by atoms with Crippen molar-refractivity contribution in [2.24, 2.45) is 0 Å². The molecule has 0 radical (unpaired) electrons. The Bertz CT molecular complexity index is 430. The molecule has 0 amide bonds. The number of carbonyl (C=O) groups is 1. The molecule has 0 saturated carbocycles. The topological polar surface area (TPSA) is 46.5 Å². The molecule has 0 heterocycles. The van der Waals surface area contributed by atoms with Crippen LogP contribution in [0.25, 0.3) is 0 Å². The lowest BCUT2D eigenvalue weighted by Crippen LogP contribution is -2.16. The SMILES string of the molecule is CCC(C(=O)O)c1ccc(OC)c(C(C)(C)C)c1. The maximum absolute atomic E-state index is 11.2. The van der Waals surface area contributed by atoms with Crippen molar-refractivity contribution in [2.45, 2.75) is 45.4 Å². The molecule has 3 heteroatoms. The van der Waals surface area contributed by atoms with E-state index < -0.39 is 11.9 Å². The van der Waals surface area contributed by atoms with Crippen LogP contribution in [-0.2, 0) is 10.2 Å². The van der Waals surface area contributed by atoms with Gasteiger partial charge in [0, 0.05) is 0 Å². The second kappa shape index (κ2) is 5.42. The fraction of sp³-hybridized carbons (Fsp3) is 0.533. The zero-order valence-corrected chi connectivity index (χ0v) is 11.8. The summed E-state index contributed by atoms with van der Waals surface area (Å²) in [6.45, 7) is 8.17. The van der Waals surface area contributed by atoms with E-state index in [1.165, 1.54) is 0 Å². The van der Waals surface area contributed by atoms with Crippen molar-refractivity contribution in [3.05, 3.63) is 29.3 Å². The van der Waals surface area contributed by atoms with Gasteiger partial charge in [-0.15, -0.1) is 0 Å². The van der Waals surface area contributed by atoms with E-state index in [1.807, 2.05) is 25.1 Å². The van der Waals surface area contributed by atoms with Gasteiger partial charge >= 0.3 is 5.97 Å². The van der Waals surface area contributed by atoms with Crippen LogP contribution in [-0.4, -0.2) is 18.2 Å². The largest absolute Gasteiger partial charge is 0.496 e. The summed E-state index contributed by atoms with van der Waals surface area (Å²) in [5.41, 5.74) is 1.82. The first-order valence-electron chi connectivity index (χ1n) is 6.22. The van der Waals surface area contributed by atoms with Crippen molar-refractivity contribution in [1.29, 1.82) is 0 Å². The van der Waals surface area contributed by atoms with Crippen LogP contribution in [0.5, 0.6) is 5.75 Å². The van der Waals surface area contributed by atoms with Crippen molar-refractivity contribution >= 4 is 5.97 Å². The summed E-state index contributed by atoms with van der Waals surface area (Å²) in [4.78, 5) is 11.2. The van der Waals surface area contributed by atoms with Gasteiger partial charge in [0.2, 0.25) is 0 Å².